The van der Waals surface area contributed by atoms with Crippen LogP contribution < -0.4 is 4.72 Å². The molecule has 2 aromatic rings. The average Bonchev–Trinajstić information content (AvgIpc) is 3.14. The summed E-state index contributed by atoms with van der Waals surface area (Å²) in [5, 5.41) is 0. The standard InChI is InChI=1S/C18H19ClN2O5S2/c19-15-8-9-17(27-15)28(24,25)20-14-7-3-2-6-13(14)18(23)26-12-16(22)21-10-4-1-5-11-21/h2-3,6-9,20H,1,4-5,10-12H2. The number of para-hydroxylation sites is 1. The maximum atomic E-state index is 12.5. The lowest BCUT2D eigenvalue weighted by Crippen LogP contribution is -2.38. The van der Waals surface area contributed by atoms with Gasteiger partial charge in [0.25, 0.3) is 15.9 Å². The molecule has 1 saturated heterocycles. The lowest BCUT2D eigenvalue weighted by atomic mass is 10.1. The molecule has 0 unspecified atom stereocenters. The fourth-order valence-electron chi connectivity index (χ4n) is 2.83. The highest BCUT2D eigenvalue weighted by Crippen LogP contribution is 2.28. The van der Waals surface area contributed by atoms with Gasteiger partial charge in [0.2, 0.25) is 0 Å². The van der Waals surface area contributed by atoms with Crippen molar-refractivity contribution in [3.63, 3.8) is 0 Å². The van der Waals surface area contributed by atoms with Gasteiger partial charge >= 0.3 is 5.97 Å². The van der Waals surface area contributed by atoms with Crippen LogP contribution in [0.15, 0.2) is 40.6 Å². The van der Waals surface area contributed by atoms with Crippen LogP contribution in [-0.2, 0) is 19.6 Å². The highest BCUT2D eigenvalue weighted by atomic mass is 35.5. The fraction of sp³-hybridized carbons (Fsp3) is 0.333. The zero-order chi connectivity index (χ0) is 20.1. The van der Waals surface area contributed by atoms with Crippen molar-refractivity contribution in [3.8, 4) is 0 Å². The molecule has 7 nitrogen and oxygen atoms in total. The van der Waals surface area contributed by atoms with Crippen molar-refractivity contribution >= 4 is 50.5 Å². The number of anilines is 1. The van der Waals surface area contributed by atoms with Gasteiger partial charge in [-0.05, 0) is 43.5 Å². The summed E-state index contributed by atoms with van der Waals surface area (Å²) in [6.07, 6.45) is 2.97. The van der Waals surface area contributed by atoms with E-state index in [1.165, 1.54) is 24.3 Å². The molecule has 2 heterocycles. The largest absolute Gasteiger partial charge is 0.452 e. The zero-order valence-electron chi connectivity index (χ0n) is 14.9. The molecule has 1 N–H and O–H groups in total. The number of likely N-dealkylation sites (tertiary alicyclic amines) is 1. The van der Waals surface area contributed by atoms with E-state index in [4.69, 9.17) is 16.3 Å². The van der Waals surface area contributed by atoms with Crippen molar-refractivity contribution < 1.29 is 22.7 Å². The van der Waals surface area contributed by atoms with E-state index in [1.54, 1.807) is 17.0 Å². The predicted molar refractivity (Wildman–Crippen MR) is 107 cm³/mol. The maximum absolute atomic E-state index is 12.5. The van der Waals surface area contributed by atoms with Gasteiger partial charge in [0.1, 0.15) is 4.21 Å². The highest BCUT2D eigenvalue weighted by molar-refractivity contribution is 7.94. The summed E-state index contributed by atoms with van der Waals surface area (Å²) in [5.74, 6) is -1.02. The van der Waals surface area contributed by atoms with Crippen molar-refractivity contribution in [1.29, 1.82) is 0 Å². The lowest BCUT2D eigenvalue weighted by Gasteiger charge is -2.26. The zero-order valence-corrected chi connectivity index (χ0v) is 17.3. The first-order valence-electron chi connectivity index (χ1n) is 8.69. The number of amides is 1. The molecule has 0 atom stereocenters. The number of nitrogens with one attached hydrogen (secondary N) is 1. The topological polar surface area (TPSA) is 92.8 Å². The Morgan fingerprint density at radius 3 is 2.50 bits per heavy atom. The number of hydrogen-bond acceptors (Lipinski definition) is 6. The minimum absolute atomic E-state index is 0.0279. The van der Waals surface area contributed by atoms with Gasteiger partial charge in [-0.15, -0.1) is 11.3 Å². The molecular weight excluding hydrogens is 424 g/mol. The minimum atomic E-state index is -3.90. The average molecular weight is 443 g/mol. The van der Waals surface area contributed by atoms with Gasteiger partial charge in [-0.25, -0.2) is 13.2 Å². The lowest BCUT2D eigenvalue weighted by molar-refractivity contribution is -0.135. The first kappa shape index (κ1) is 20.6. The van der Waals surface area contributed by atoms with Crippen LogP contribution in [0, 0.1) is 0 Å². The van der Waals surface area contributed by atoms with E-state index in [0.717, 1.165) is 30.6 Å². The molecule has 0 radical (unpaired) electrons. The molecule has 0 aliphatic carbocycles. The maximum Gasteiger partial charge on any atom is 0.340 e. The second kappa shape index (κ2) is 8.93. The van der Waals surface area contributed by atoms with Gasteiger partial charge in [0.05, 0.1) is 15.6 Å². The molecule has 1 aliphatic heterocycles. The molecule has 1 aromatic heterocycles. The molecule has 1 aromatic carbocycles. The second-order valence-electron chi connectivity index (χ2n) is 6.23. The van der Waals surface area contributed by atoms with Gasteiger partial charge in [-0.3, -0.25) is 9.52 Å². The van der Waals surface area contributed by atoms with Crippen LogP contribution >= 0.6 is 22.9 Å². The molecule has 0 bridgehead atoms. The molecule has 10 heteroatoms. The van der Waals surface area contributed by atoms with Crippen molar-refractivity contribution in [3.05, 3.63) is 46.3 Å². The molecule has 1 aliphatic rings. The Kier molecular flexibility index (Phi) is 6.58. The van der Waals surface area contributed by atoms with Crippen molar-refractivity contribution in [2.45, 2.75) is 23.5 Å². The molecule has 0 spiro atoms. The predicted octanol–water partition coefficient (Wildman–Crippen LogP) is 3.37. The number of rotatable bonds is 6. The summed E-state index contributed by atoms with van der Waals surface area (Å²) in [5.41, 5.74) is 0.0996. The summed E-state index contributed by atoms with van der Waals surface area (Å²) in [6.45, 7) is 0.951. The Hall–Kier alpha value is -2.10. The molecule has 1 amide bonds. The highest BCUT2D eigenvalue weighted by Gasteiger charge is 2.22. The summed E-state index contributed by atoms with van der Waals surface area (Å²) < 4.78 is 32.8. The van der Waals surface area contributed by atoms with E-state index >= 15 is 0 Å². The number of thiophene rings is 1. The Bertz CT molecular complexity index is 968. The number of ether oxygens (including phenoxy) is 1. The Balaban J connectivity index is 1.69. The Morgan fingerprint density at radius 1 is 1.11 bits per heavy atom. The molecule has 1 fully saturated rings. The monoisotopic (exact) mass is 442 g/mol. The smallest absolute Gasteiger partial charge is 0.340 e. The first-order chi connectivity index (χ1) is 13.4. The molecule has 0 saturated carbocycles. The number of piperidine rings is 1. The van der Waals surface area contributed by atoms with Gasteiger partial charge in [-0.2, -0.15) is 0 Å². The third kappa shape index (κ3) is 5.03. The quantitative estimate of drug-likeness (QED) is 0.692. The van der Waals surface area contributed by atoms with Crippen molar-refractivity contribution in [2.75, 3.05) is 24.4 Å². The summed E-state index contributed by atoms with van der Waals surface area (Å²) in [6, 6.07) is 8.93. The van der Waals surface area contributed by atoms with Crippen LogP contribution in [0.5, 0.6) is 0 Å². The van der Waals surface area contributed by atoms with Gasteiger partial charge < -0.3 is 9.64 Å². The number of sulfonamides is 1. The number of nitrogens with zero attached hydrogens (tertiary/aromatic N) is 1. The Morgan fingerprint density at radius 2 is 1.82 bits per heavy atom. The van der Waals surface area contributed by atoms with Crippen LogP contribution in [0.1, 0.15) is 29.6 Å². The van der Waals surface area contributed by atoms with Crippen LogP contribution in [0.4, 0.5) is 5.69 Å². The number of hydrogen-bond donors (Lipinski definition) is 1. The summed E-state index contributed by atoms with van der Waals surface area (Å²) in [4.78, 5) is 26.3. The second-order valence-corrected chi connectivity index (χ2v) is 9.85. The third-order valence-corrected chi connectivity index (χ3v) is 7.33. The molecule has 3 rings (SSSR count). The summed E-state index contributed by atoms with van der Waals surface area (Å²) >= 11 is 6.71. The van der Waals surface area contributed by atoms with Crippen LogP contribution in [-0.4, -0.2) is 44.9 Å². The summed E-state index contributed by atoms with van der Waals surface area (Å²) in [7, 11) is -3.90. The van der Waals surface area contributed by atoms with Gasteiger partial charge in [-0.1, -0.05) is 23.7 Å². The van der Waals surface area contributed by atoms with Crippen LogP contribution in [0.2, 0.25) is 4.34 Å². The van der Waals surface area contributed by atoms with Crippen LogP contribution in [0.25, 0.3) is 0 Å². The van der Waals surface area contributed by atoms with Gasteiger partial charge in [0, 0.05) is 13.1 Å². The van der Waals surface area contributed by atoms with E-state index < -0.39 is 16.0 Å². The van der Waals surface area contributed by atoms with E-state index in [0.29, 0.717) is 17.4 Å². The number of benzene rings is 1. The van der Waals surface area contributed by atoms with E-state index in [-0.39, 0.29) is 28.0 Å². The van der Waals surface area contributed by atoms with E-state index in [2.05, 4.69) is 4.72 Å². The third-order valence-electron chi connectivity index (χ3n) is 4.24. The van der Waals surface area contributed by atoms with Gasteiger partial charge in [0.15, 0.2) is 6.61 Å². The van der Waals surface area contributed by atoms with E-state index in [9.17, 15) is 18.0 Å². The number of esters is 1. The molecule has 150 valence electrons. The first-order valence-corrected chi connectivity index (χ1v) is 11.4. The minimum Gasteiger partial charge on any atom is -0.452 e. The Labute approximate surface area is 172 Å². The number of carbonyl (C=O) groups excluding carboxylic acids is 2. The van der Waals surface area contributed by atoms with Crippen molar-refractivity contribution in [1.82, 2.24) is 4.90 Å². The SMILES string of the molecule is O=C(OCC(=O)N1CCCCC1)c1ccccc1NS(=O)(=O)c1ccc(Cl)s1. The normalized spacial score (nSPS) is 14.5. The number of halogens is 1. The molecule has 28 heavy (non-hydrogen) atoms. The van der Waals surface area contributed by atoms with Crippen molar-refractivity contribution in [2.24, 2.45) is 0 Å². The number of carbonyl (C=O) groups is 2. The van der Waals surface area contributed by atoms with E-state index in [1.807, 2.05) is 0 Å². The molecular formula is C18H19ClN2O5S2. The van der Waals surface area contributed by atoms with Crippen LogP contribution in [0.3, 0.4) is 0 Å². The fourth-order valence-corrected chi connectivity index (χ4v) is 5.39.